The van der Waals surface area contributed by atoms with E-state index in [1.54, 1.807) is 7.05 Å². The van der Waals surface area contributed by atoms with Crippen molar-refractivity contribution < 1.29 is 9.47 Å². The average Bonchev–Trinajstić information content (AvgIpc) is 2.85. The summed E-state index contributed by atoms with van der Waals surface area (Å²) in [5, 5.41) is 6.41. The normalized spacial score (nSPS) is 12.8. The largest absolute Gasteiger partial charge is 0.454 e. The summed E-state index contributed by atoms with van der Waals surface area (Å²) in [6.07, 6.45) is 0.918. The molecule has 6 heteroatoms. The highest BCUT2D eigenvalue weighted by atomic mass is 127. The molecule has 0 saturated carbocycles. The number of aliphatic imine (C=N–C) groups is 1. The molecule has 1 aliphatic rings. The van der Waals surface area contributed by atoms with Gasteiger partial charge in [-0.05, 0) is 31.0 Å². The summed E-state index contributed by atoms with van der Waals surface area (Å²) in [4.78, 5) is 4.12. The number of halogens is 1. The van der Waals surface area contributed by atoms with Crippen molar-refractivity contribution in [1.29, 1.82) is 0 Å². The van der Waals surface area contributed by atoms with Gasteiger partial charge in [0.1, 0.15) is 0 Å². The quantitative estimate of drug-likeness (QED) is 0.477. The highest BCUT2D eigenvalue weighted by Crippen LogP contribution is 2.32. The molecule has 0 fully saturated rings. The molecule has 0 aromatic heterocycles. The fraction of sp³-hybridized carbons (Fsp3) is 0.462. The topological polar surface area (TPSA) is 54.9 Å². The van der Waals surface area contributed by atoms with Crippen molar-refractivity contribution in [3.8, 4) is 11.5 Å². The van der Waals surface area contributed by atoms with Gasteiger partial charge in [0.25, 0.3) is 0 Å². The third kappa shape index (κ3) is 4.45. The minimum Gasteiger partial charge on any atom is -0.454 e. The smallest absolute Gasteiger partial charge is 0.231 e. The molecular formula is C13H20IN3O2. The molecular weight excluding hydrogens is 357 g/mol. The molecule has 0 saturated heterocycles. The van der Waals surface area contributed by atoms with Crippen LogP contribution in [0.25, 0.3) is 0 Å². The predicted octanol–water partition coefficient (Wildman–Crippen LogP) is 1.76. The Kier molecular flexibility index (Phi) is 6.75. The Morgan fingerprint density at radius 1 is 1.26 bits per heavy atom. The SMILES string of the molecule is CCNC(=NC)NCCc1ccc2c(c1)OCO2.I. The second-order valence-corrected chi connectivity index (χ2v) is 3.97. The van der Waals surface area contributed by atoms with E-state index >= 15 is 0 Å². The van der Waals surface area contributed by atoms with Gasteiger partial charge in [0.05, 0.1) is 0 Å². The monoisotopic (exact) mass is 377 g/mol. The molecule has 0 unspecified atom stereocenters. The molecule has 1 heterocycles. The first-order valence-electron chi connectivity index (χ1n) is 6.16. The Morgan fingerprint density at radius 3 is 2.79 bits per heavy atom. The lowest BCUT2D eigenvalue weighted by atomic mass is 10.1. The van der Waals surface area contributed by atoms with Gasteiger partial charge < -0.3 is 20.1 Å². The molecule has 1 aromatic carbocycles. The van der Waals surface area contributed by atoms with Crippen LogP contribution >= 0.6 is 24.0 Å². The van der Waals surface area contributed by atoms with E-state index in [9.17, 15) is 0 Å². The van der Waals surface area contributed by atoms with Gasteiger partial charge in [-0.2, -0.15) is 0 Å². The van der Waals surface area contributed by atoms with Crippen LogP contribution in [0, 0.1) is 0 Å². The number of benzene rings is 1. The maximum atomic E-state index is 5.35. The van der Waals surface area contributed by atoms with E-state index in [2.05, 4.69) is 21.7 Å². The van der Waals surface area contributed by atoms with E-state index in [0.29, 0.717) is 6.79 Å². The lowest BCUT2D eigenvalue weighted by Crippen LogP contribution is -2.38. The Labute approximate surface area is 130 Å². The van der Waals surface area contributed by atoms with Crippen LogP contribution in [0.15, 0.2) is 23.2 Å². The Balaban J connectivity index is 0.00000180. The summed E-state index contributed by atoms with van der Waals surface area (Å²) in [6, 6.07) is 6.04. The van der Waals surface area contributed by atoms with Crippen LogP contribution in [0.3, 0.4) is 0 Å². The van der Waals surface area contributed by atoms with E-state index in [1.165, 1.54) is 5.56 Å². The van der Waals surface area contributed by atoms with Crippen molar-refractivity contribution >= 4 is 29.9 Å². The summed E-state index contributed by atoms with van der Waals surface area (Å²) >= 11 is 0. The summed E-state index contributed by atoms with van der Waals surface area (Å²) in [5.74, 6) is 2.50. The maximum Gasteiger partial charge on any atom is 0.231 e. The molecule has 106 valence electrons. The third-order valence-electron chi connectivity index (χ3n) is 2.71. The average molecular weight is 377 g/mol. The van der Waals surface area contributed by atoms with Crippen LogP contribution in [0.5, 0.6) is 11.5 Å². The maximum absolute atomic E-state index is 5.35. The van der Waals surface area contributed by atoms with Gasteiger partial charge in [-0.1, -0.05) is 6.07 Å². The molecule has 19 heavy (non-hydrogen) atoms. The van der Waals surface area contributed by atoms with Gasteiger partial charge in [-0.15, -0.1) is 24.0 Å². The molecule has 0 bridgehead atoms. The number of ether oxygens (including phenoxy) is 2. The van der Waals surface area contributed by atoms with Crippen molar-refractivity contribution in [3.63, 3.8) is 0 Å². The zero-order valence-corrected chi connectivity index (χ0v) is 13.6. The fourth-order valence-corrected chi connectivity index (χ4v) is 1.81. The molecule has 2 rings (SSSR count). The summed E-state index contributed by atoms with van der Waals surface area (Å²) in [6.45, 7) is 4.07. The Morgan fingerprint density at radius 2 is 2.05 bits per heavy atom. The first-order valence-corrected chi connectivity index (χ1v) is 6.16. The summed E-state index contributed by atoms with van der Waals surface area (Å²) < 4.78 is 10.6. The van der Waals surface area contributed by atoms with E-state index < -0.39 is 0 Å². The van der Waals surface area contributed by atoms with E-state index in [-0.39, 0.29) is 24.0 Å². The van der Waals surface area contributed by atoms with Crippen molar-refractivity contribution in [2.24, 2.45) is 4.99 Å². The number of hydrogen-bond acceptors (Lipinski definition) is 3. The number of nitrogens with zero attached hydrogens (tertiary/aromatic N) is 1. The van der Waals surface area contributed by atoms with Gasteiger partial charge in [-0.3, -0.25) is 4.99 Å². The van der Waals surface area contributed by atoms with Gasteiger partial charge in [0.2, 0.25) is 6.79 Å². The van der Waals surface area contributed by atoms with Crippen LogP contribution in [-0.4, -0.2) is 32.9 Å². The Hall–Kier alpha value is -1.18. The molecule has 1 aromatic rings. The fourth-order valence-electron chi connectivity index (χ4n) is 1.81. The van der Waals surface area contributed by atoms with Crippen molar-refractivity contribution in [1.82, 2.24) is 10.6 Å². The van der Waals surface area contributed by atoms with E-state index in [4.69, 9.17) is 9.47 Å². The van der Waals surface area contributed by atoms with Gasteiger partial charge in [0, 0.05) is 20.1 Å². The standard InChI is InChI=1S/C13H19N3O2.HI/c1-3-15-13(14-2)16-7-6-10-4-5-11-12(8-10)18-9-17-11;/h4-5,8H,3,6-7,9H2,1-2H3,(H2,14,15,16);1H. The molecule has 5 nitrogen and oxygen atoms in total. The number of fused-ring (bicyclic) bond motifs is 1. The highest BCUT2D eigenvalue weighted by Gasteiger charge is 2.12. The minimum absolute atomic E-state index is 0. The molecule has 1 aliphatic heterocycles. The summed E-state index contributed by atoms with van der Waals surface area (Å²) in [5.41, 5.74) is 1.22. The second-order valence-electron chi connectivity index (χ2n) is 3.97. The molecule has 0 radical (unpaired) electrons. The zero-order chi connectivity index (χ0) is 12.8. The number of nitrogens with one attached hydrogen (secondary N) is 2. The number of rotatable bonds is 4. The van der Waals surface area contributed by atoms with E-state index in [0.717, 1.165) is 37.0 Å². The molecule has 0 atom stereocenters. The van der Waals surface area contributed by atoms with Crippen LogP contribution in [0.1, 0.15) is 12.5 Å². The van der Waals surface area contributed by atoms with Gasteiger partial charge in [0.15, 0.2) is 17.5 Å². The Bertz CT molecular complexity index is 438. The third-order valence-corrected chi connectivity index (χ3v) is 2.71. The van der Waals surface area contributed by atoms with Crippen molar-refractivity contribution in [2.45, 2.75) is 13.3 Å². The molecule has 0 spiro atoms. The van der Waals surface area contributed by atoms with Crippen molar-refractivity contribution in [2.75, 3.05) is 26.9 Å². The molecule has 2 N–H and O–H groups in total. The lowest BCUT2D eigenvalue weighted by Gasteiger charge is -2.10. The number of guanidine groups is 1. The molecule has 0 amide bonds. The molecule has 0 aliphatic carbocycles. The van der Waals surface area contributed by atoms with E-state index in [1.807, 2.05) is 19.1 Å². The van der Waals surface area contributed by atoms with Crippen LogP contribution in [0.2, 0.25) is 0 Å². The lowest BCUT2D eigenvalue weighted by molar-refractivity contribution is 0.174. The predicted molar refractivity (Wildman–Crippen MR) is 86.7 cm³/mol. The second kappa shape index (κ2) is 8.08. The van der Waals surface area contributed by atoms with Crippen LogP contribution < -0.4 is 20.1 Å². The van der Waals surface area contributed by atoms with Crippen LogP contribution in [-0.2, 0) is 6.42 Å². The zero-order valence-electron chi connectivity index (χ0n) is 11.2. The first-order chi connectivity index (χ1) is 8.83. The first kappa shape index (κ1) is 15.9. The van der Waals surface area contributed by atoms with Crippen molar-refractivity contribution in [3.05, 3.63) is 23.8 Å². The highest BCUT2D eigenvalue weighted by molar-refractivity contribution is 14.0. The number of hydrogen-bond donors (Lipinski definition) is 2. The minimum atomic E-state index is 0. The van der Waals surface area contributed by atoms with Gasteiger partial charge >= 0.3 is 0 Å². The van der Waals surface area contributed by atoms with Crippen LogP contribution in [0.4, 0.5) is 0 Å². The summed E-state index contributed by atoms with van der Waals surface area (Å²) in [7, 11) is 1.77. The van der Waals surface area contributed by atoms with Gasteiger partial charge in [-0.25, -0.2) is 0 Å².